The van der Waals surface area contributed by atoms with E-state index < -0.39 is 11.9 Å². The maximum absolute atomic E-state index is 15.0. The van der Waals surface area contributed by atoms with E-state index in [9.17, 15) is 9.50 Å². The van der Waals surface area contributed by atoms with E-state index in [1.807, 2.05) is 13.8 Å². The summed E-state index contributed by atoms with van der Waals surface area (Å²) in [5, 5.41) is 22.3. The van der Waals surface area contributed by atoms with E-state index in [1.54, 1.807) is 33.5 Å². The van der Waals surface area contributed by atoms with E-state index in [4.69, 9.17) is 9.47 Å². The second-order valence-electron chi connectivity index (χ2n) is 7.49. The van der Waals surface area contributed by atoms with Crippen LogP contribution < -0.4 is 9.47 Å². The summed E-state index contributed by atoms with van der Waals surface area (Å²) in [6, 6.07) is 5.05. The van der Waals surface area contributed by atoms with Gasteiger partial charge in [-0.3, -0.25) is 0 Å². The molecule has 11 heteroatoms. The second kappa shape index (κ2) is 7.93. The number of benzene rings is 1. The Bertz CT molecular complexity index is 1390. The molecule has 4 aromatic heterocycles. The van der Waals surface area contributed by atoms with Gasteiger partial charge in [0, 0.05) is 22.2 Å². The van der Waals surface area contributed by atoms with Crippen LogP contribution in [-0.2, 0) is 6.54 Å². The molecule has 4 heterocycles. The van der Waals surface area contributed by atoms with Gasteiger partial charge in [-0.05, 0) is 32.0 Å². The number of nitrogens with zero attached hydrogens (tertiary/aromatic N) is 6. The Labute approximate surface area is 181 Å². The fourth-order valence-corrected chi connectivity index (χ4v) is 3.60. The number of hydrogen-bond donors (Lipinski definition) is 2. The summed E-state index contributed by atoms with van der Waals surface area (Å²) in [5.74, 6) is 0.296. The summed E-state index contributed by atoms with van der Waals surface area (Å²) >= 11 is 0. The molecule has 0 radical (unpaired) electrons. The fourth-order valence-electron chi connectivity index (χ4n) is 3.60. The van der Waals surface area contributed by atoms with Crippen LogP contribution in [0.15, 0.2) is 43.4 Å². The average Bonchev–Trinajstić information content (AvgIpc) is 3.48. The van der Waals surface area contributed by atoms with Crippen LogP contribution in [0.3, 0.4) is 0 Å². The summed E-state index contributed by atoms with van der Waals surface area (Å²) in [7, 11) is 0. The Hall–Kier alpha value is -3.99. The Balaban J connectivity index is 1.40. The van der Waals surface area contributed by atoms with Gasteiger partial charge >= 0.3 is 0 Å². The highest BCUT2D eigenvalue weighted by molar-refractivity contribution is 5.83. The number of aliphatic hydroxyl groups excluding tert-OH is 1. The molecule has 0 saturated heterocycles. The van der Waals surface area contributed by atoms with E-state index in [0.717, 1.165) is 5.69 Å². The highest BCUT2D eigenvalue weighted by Gasteiger charge is 2.19. The zero-order valence-corrected chi connectivity index (χ0v) is 17.4. The first-order chi connectivity index (χ1) is 15.5. The molecule has 164 valence electrons. The van der Waals surface area contributed by atoms with Gasteiger partial charge in [-0.25, -0.2) is 8.91 Å². The number of aryl methyl sites for hydroxylation is 2. The summed E-state index contributed by atoms with van der Waals surface area (Å²) in [4.78, 5) is 7.30. The largest absolute Gasteiger partial charge is 0.489 e. The van der Waals surface area contributed by atoms with E-state index in [-0.39, 0.29) is 18.2 Å². The molecular formula is C21H20FN7O3. The molecular weight excluding hydrogens is 417 g/mol. The number of halogens is 1. The third-order valence-electron chi connectivity index (χ3n) is 5.11. The number of rotatable bonds is 7. The predicted octanol–water partition coefficient (Wildman–Crippen LogP) is 2.79. The number of H-pyrrole nitrogens is 1. The molecule has 2 N–H and O–H groups in total. The van der Waals surface area contributed by atoms with E-state index >= 15 is 0 Å². The fraction of sp³-hybridized carbons (Fsp3) is 0.238. The number of aromatic nitrogens is 7. The molecule has 0 spiro atoms. The summed E-state index contributed by atoms with van der Waals surface area (Å²) < 4.78 is 29.8. The third kappa shape index (κ3) is 3.62. The maximum atomic E-state index is 15.0. The van der Waals surface area contributed by atoms with Crippen LogP contribution in [0.4, 0.5) is 4.39 Å². The summed E-state index contributed by atoms with van der Waals surface area (Å²) in [6.45, 7) is 4.04. The van der Waals surface area contributed by atoms with Gasteiger partial charge in [-0.15, -0.1) is 10.2 Å². The Morgan fingerprint density at radius 3 is 2.81 bits per heavy atom. The lowest BCUT2D eigenvalue weighted by Gasteiger charge is -2.12. The Morgan fingerprint density at radius 2 is 2.00 bits per heavy atom. The quantitative estimate of drug-likeness (QED) is 0.402. The number of ether oxygens (including phenoxy) is 2. The van der Waals surface area contributed by atoms with Crippen molar-refractivity contribution in [3.63, 3.8) is 0 Å². The van der Waals surface area contributed by atoms with Crippen molar-refractivity contribution in [2.75, 3.05) is 6.61 Å². The van der Waals surface area contributed by atoms with Crippen LogP contribution >= 0.6 is 0 Å². The zero-order valence-electron chi connectivity index (χ0n) is 17.4. The molecule has 0 aliphatic heterocycles. The van der Waals surface area contributed by atoms with E-state index in [2.05, 4.69) is 25.3 Å². The number of aliphatic hydroxyl groups is 1. The van der Waals surface area contributed by atoms with Crippen molar-refractivity contribution in [1.82, 2.24) is 34.3 Å². The highest BCUT2D eigenvalue weighted by Crippen LogP contribution is 2.34. The normalized spacial score (nSPS) is 12.5. The van der Waals surface area contributed by atoms with Gasteiger partial charge in [0.2, 0.25) is 5.88 Å². The minimum Gasteiger partial charge on any atom is -0.489 e. The predicted molar refractivity (Wildman–Crippen MR) is 112 cm³/mol. The van der Waals surface area contributed by atoms with Crippen LogP contribution in [0, 0.1) is 19.7 Å². The Morgan fingerprint density at radius 1 is 1.19 bits per heavy atom. The minimum absolute atomic E-state index is 0.0532. The Kier molecular flexibility index (Phi) is 4.94. The first-order valence-corrected chi connectivity index (χ1v) is 9.91. The van der Waals surface area contributed by atoms with Crippen LogP contribution in [0.25, 0.3) is 16.4 Å². The second-order valence-corrected chi connectivity index (χ2v) is 7.49. The zero-order chi connectivity index (χ0) is 22.2. The lowest BCUT2D eigenvalue weighted by molar-refractivity contribution is 0.0921. The van der Waals surface area contributed by atoms with Gasteiger partial charge in [-0.1, -0.05) is 0 Å². The standard InChI is InChI=1S/C21H20FN7O3/c1-12-5-15-16(27-12)3-4-17(19(15)22)32-21-20-13(2)18(7-29(20)26-9-23-21)31-8-14(30)6-28-10-24-25-11-28/h3-5,7,9-11,14,27,30H,6,8H2,1-2H3/t14-/m1/s1. The van der Waals surface area contributed by atoms with Gasteiger partial charge in [-0.2, -0.15) is 10.1 Å². The molecule has 1 atom stereocenters. The van der Waals surface area contributed by atoms with Crippen LogP contribution in [-0.4, -0.2) is 52.2 Å². The average molecular weight is 437 g/mol. The van der Waals surface area contributed by atoms with Crippen molar-refractivity contribution in [3.05, 3.63) is 60.5 Å². The van der Waals surface area contributed by atoms with Crippen molar-refractivity contribution in [2.45, 2.75) is 26.5 Å². The number of nitrogens with one attached hydrogen (secondary N) is 1. The van der Waals surface area contributed by atoms with Crippen molar-refractivity contribution in [2.24, 2.45) is 0 Å². The molecule has 0 amide bonds. The molecule has 0 bridgehead atoms. The van der Waals surface area contributed by atoms with Gasteiger partial charge in [0.15, 0.2) is 11.6 Å². The molecule has 0 saturated carbocycles. The first-order valence-electron chi connectivity index (χ1n) is 9.91. The molecule has 5 aromatic rings. The van der Waals surface area contributed by atoms with Gasteiger partial charge in [0.1, 0.15) is 43.0 Å². The molecule has 10 nitrogen and oxygen atoms in total. The lowest BCUT2D eigenvalue weighted by atomic mass is 10.2. The first kappa shape index (κ1) is 19.9. The molecule has 0 aliphatic rings. The highest BCUT2D eigenvalue weighted by atomic mass is 19.1. The molecule has 0 aliphatic carbocycles. The minimum atomic E-state index is -0.763. The van der Waals surface area contributed by atoms with Crippen molar-refractivity contribution in [1.29, 1.82) is 0 Å². The van der Waals surface area contributed by atoms with Crippen molar-refractivity contribution in [3.8, 4) is 17.4 Å². The van der Waals surface area contributed by atoms with Crippen LogP contribution in [0.5, 0.6) is 17.4 Å². The number of hydrogen-bond acceptors (Lipinski definition) is 7. The smallest absolute Gasteiger partial charge is 0.247 e. The molecule has 0 fully saturated rings. The molecule has 32 heavy (non-hydrogen) atoms. The number of fused-ring (bicyclic) bond motifs is 2. The van der Waals surface area contributed by atoms with E-state index in [1.165, 1.54) is 19.0 Å². The topological polar surface area (TPSA) is 115 Å². The molecule has 0 unspecified atom stereocenters. The summed E-state index contributed by atoms with van der Waals surface area (Å²) in [6.07, 6.45) is 5.26. The van der Waals surface area contributed by atoms with Gasteiger partial charge in [0.05, 0.1) is 12.7 Å². The molecule has 5 rings (SSSR count). The number of aromatic amines is 1. The third-order valence-corrected chi connectivity index (χ3v) is 5.11. The van der Waals surface area contributed by atoms with Crippen LogP contribution in [0.1, 0.15) is 11.3 Å². The van der Waals surface area contributed by atoms with Crippen molar-refractivity contribution < 1.29 is 19.0 Å². The van der Waals surface area contributed by atoms with Gasteiger partial charge in [0.25, 0.3) is 0 Å². The molecule has 1 aromatic carbocycles. The van der Waals surface area contributed by atoms with Crippen LogP contribution in [0.2, 0.25) is 0 Å². The van der Waals surface area contributed by atoms with E-state index in [0.29, 0.717) is 34.3 Å². The summed E-state index contributed by atoms with van der Waals surface area (Å²) in [5.41, 5.74) is 2.80. The lowest BCUT2D eigenvalue weighted by Crippen LogP contribution is -2.23. The van der Waals surface area contributed by atoms with Crippen molar-refractivity contribution >= 4 is 16.4 Å². The maximum Gasteiger partial charge on any atom is 0.247 e. The van der Waals surface area contributed by atoms with Gasteiger partial charge < -0.3 is 24.1 Å². The SMILES string of the molecule is Cc1cc2c(F)c(Oc3ncnn4cc(OC[C@H](O)Cn5cnnc5)c(C)c34)ccc2[nH]1. The monoisotopic (exact) mass is 437 g/mol.